The summed E-state index contributed by atoms with van der Waals surface area (Å²) in [5.41, 5.74) is 0. The Labute approximate surface area is 115 Å². The van der Waals surface area contributed by atoms with Crippen molar-refractivity contribution in [3.8, 4) is 0 Å². The van der Waals surface area contributed by atoms with Gasteiger partial charge in [-0.05, 0) is 13.6 Å². The van der Waals surface area contributed by atoms with Crippen molar-refractivity contribution < 1.29 is 14.3 Å². The zero-order chi connectivity index (χ0) is 14.1. The van der Waals surface area contributed by atoms with E-state index in [9.17, 15) is 4.79 Å². The number of amides is 1. The van der Waals surface area contributed by atoms with Gasteiger partial charge in [0.05, 0.1) is 25.7 Å². The Morgan fingerprint density at radius 2 is 2.21 bits per heavy atom. The number of methoxy groups -OCH3 is 1. The quantitative estimate of drug-likeness (QED) is 0.582. The molecule has 0 saturated carbocycles. The summed E-state index contributed by atoms with van der Waals surface area (Å²) in [4.78, 5) is 14.2. The molecule has 1 aliphatic rings. The van der Waals surface area contributed by atoms with E-state index in [0.29, 0.717) is 26.4 Å². The molecule has 2 N–H and O–H groups in total. The van der Waals surface area contributed by atoms with Crippen LogP contribution in [0.2, 0.25) is 0 Å². The third-order valence-electron chi connectivity index (χ3n) is 3.35. The molecule has 6 heteroatoms. The van der Waals surface area contributed by atoms with Crippen molar-refractivity contribution in [2.24, 2.45) is 5.92 Å². The van der Waals surface area contributed by atoms with Crippen LogP contribution >= 0.6 is 0 Å². The Kier molecular flexibility index (Phi) is 7.97. The third-order valence-corrected chi connectivity index (χ3v) is 3.35. The van der Waals surface area contributed by atoms with Crippen LogP contribution in [0.25, 0.3) is 0 Å². The van der Waals surface area contributed by atoms with Gasteiger partial charge in [0.1, 0.15) is 0 Å². The topological polar surface area (TPSA) is 62.8 Å². The Morgan fingerprint density at radius 1 is 1.42 bits per heavy atom. The van der Waals surface area contributed by atoms with E-state index >= 15 is 0 Å². The number of hydrogen-bond acceptors (Lipinski definition) is 5. The first-order valence-electron chi connectivity index (χ1n) is 6.95. The number of carbonyl (C=O) groups excluding carboxylic acids is 1. The molecule has 2 unspecified atom stereocenters. The average Bonchev–Trinajstić information content (AvgIpc) is 2.85. The summed E-state index contributed by atoms with van der Waals surface area (Å²) < 4.78 is 10.4. The molecular formula is C13H27N3O3. The van der Waals surface area contributed by atoms with Gasteiger partial charge in [-0.25, -0.2) is 0 Å². The number of hydrogen-bond donors (Lipinski definition) is 2. The van der Waals surface area contributed by atoms with Crippen LogP contribution in [0.4, 0.5) is 0 Å². The summed E-state index contributed by atoms with van der Waals surface area (Å²) in [6.45, 7) is 7.11. The molecule has 0 spiro atoms. The van der Waals surface area contributed by atoms with Gasteiger partial charge in [-0.2, -0.15) is 0 Å². The van der Waals surface area contributed by atoms with E-state index in [0.717, 1.165) is 19.6 Å². The zero-order valence-electron chi connectivity index (χ0n) is 12.3. The van der Waals surface area contributed by atoms with E-state index < -0.39 is 0 Å². The second-order valence-corrected chi connectivity index (χ2v) is 4.90. The van der Waals surface area contributed by atoms with Crippen LogP contribution in [0.5, 0.6) is 0 Å². The van der Waals surface area contributed by atoms with Gasteiger partial charge in [0, 0.05) is 32.8 Å². The lowest BCUT2D eigenvalue weighted by atomic mass is 10.0. The lowest BCUT2D eigenvalue weighted by Crippen LogP contribution is -2.45. The van der Waals surface area contributed by atoms with E-state index in [1.807, 2.05) is 14.0 Å². The monoisotopic (exact) mass is 273 g/mol. The highest BCUT2D eigenvalue weighted by molar-refractivity contribution is 5.79. The predicted molar refractivity (Wildman–Crippen MR) is 74.2 cm³/mol. The number of rotatable bonds is 9. The molecule has 1 rings (SSSR count). The minimum Gasteiger partial charge on any atom is -0.383 e. The number of carbonyl (C=O) groups is 1. The fraction of sp³-hybridized carbons (Fsp3) is 0.923. The van der Waals surface area contributed by atoms with E-state index in [-0.39, 0.29) is 17.9 Å². The molecular weight excluding hydrogens is 246 g/mol. The Hall–Kier alpha value is -0.690. The first-order chi connectivity index (χ1) is 9.19. The summed E-state index contributed by atoms with van der Waals surface area (Å²) in [6.07, 6.45) is 0. The minimum atomic E-state index is -0.0655. The highest BCUT2D eigenvalue weighted by Gasteiger charge is 2.33. The van der Waals surface area contributed by atoms with Crippen LogP contribution in [-0.4, -0.2) is 77.0 Å². The van der Waals surface area contributed by atoms with Crippen LogP contribution in [0, 0.1) is 5.92 Å². The fourth-order valence-corrected chi connectivity index (χ4v) is 2.14. The molecule has 112 valence electrons. The normalized spacial score (nSPS) is 22.9. The first kappa shape index (κ1) is 16.4. The summed E-state index contributed by atoms with van der Waals surface area (Å²) in [6, 6.07) is 0.149. The lowest BCUT2D eigenvalue weighted by molar-refractivity contribution is -0.125. The van der Waals surface area contributed by atoms with Crippen molar-refractivity contribution >= 4 is 5.91 Å². The molecule has 1 aliphatic heterocycles. The minimum absolute atomic E-state index is 0.0655. The second kappa shape index (κ2) is 9.25. The van der Waals surface area contributed by atoms with Gasteiger partial charge in [0.2, 0.25) is 5.91 Å². The number of nitrogens with one attached hydrogen (secondary N) is 2. The van der Waals surface area contributed by atoms with Crippen molar-refractivity contribution in [3.63, 3.8) is 0 Å². The molecule has 0 aromatic rings. The Bertz CT molecular complexity index is 264. The van der Waals surface area contributed by atoms with Crippen LogP contribution in [-0.2, 0) is 14.3 Å². The van der Waals surface area contributed by atoms with Gasteiger partial charge in [-0.3, -0.25) is 4.79 Å². The summed E-state index contributed by atoms with van der Waals surface area (Å²) in [7, 11) is 3.71. The van der Waals surface area contributed by atoms with E-state index in [2.05, 4.69) is 15.5 Å². The molecule has 2 atom stereocenters. The van der Waals surface area contributed by atoms with Crippen LogP contribution in [0.1, 0.15) is 6.92 Å². The van der Waals surface area contributed by atoms with E-state index in [1.165, 1.54) is 0 Å². The Morgan fingerprint density at radius 3 is 2.89 bits per heavy atom. The molecule has 6 nitrogen and oxygen atoms in total. The molecule has 0 radical (unpaired) electrons. The molecule has 1 heterocycles. The molecule has 0 aliphatic carbocycles. The average molecular weight is 273 g/mol. The second-order valence-electron chi connectivity index (χ2n) is 4.90. The number of likely N-dealkylation sites (N-methyl/N-ethyl adjacent to an activating group) is 2. The van der Waals surface area contributed by atoms with Crippen molar-refractivity contribution in [2.45, 2.75) is 13.0 Å². The van der Waals surface area contributed by atoms with Crippen LogP contribution < -0.4 is 10.6 Å². The summed E-state index contributed by atoms with van der Waals surface area (Å²) in [5.74, 6) is 0.0211. The SMILES string of the molecule is CCNC1COCC1C(=O)NCCN(C)CCOC. The smallest absolute Gasteiger partial charge is 0.227 e. The fourth-order valence-electron chi connectivity index (χ4n) is 2.14. The maximum atomic E-state index is 12.1. The van der Waals surface area contributed by atoms with Gasteiger partial charge in [0.25, 0.3) is 0 Å². The van der Waals surface area contributed by atoms with Gasteiger partial charge in [-0.15, -0.1) is 0 Å². The maximum Gasteiger partial charge on any atom is 0.227 e. The van der Waals surface area contributed by atoms with Gasteiger partial charge >= 0.3 is 0 Å². The van der Waals surface area contributed by atoms with Gasteiger partial charge < -0.3 is 25.0 Å². The molecule has 1 saturated heterocycles. The van der Waals surface area contributed by atoms with Crippen molar-refractivity contribution in [2.75, 3.05) is 60.2 Å². The van der Waals surface area contributed by atoms with Crippen LogP contribution in [0.15, 0.2) is 0 Å². The highest BCUT2D eigenvalue weighted by Crippen LogP contribution is 2.13. The molecule has 0 aromatic heterocycles. The van der Waals surface area contributed by atoms with Crippen LogP contribution in [0.3, 0.4) is 0 Å². The predicted octanol–water partition coefficient (Wildman–Crippen LogP) is -0.695. The molecule has 1 amide bonds. The standard InChI is InChI=1S/C13H27N3O3/c1-4-14-12-10-19-9-11(12)13(17)15-5-6-16(2)7-8-18-3/h11-12,14H,4-10H2,1-3H3,(H,15,17). The molecule has 1 fully saturated rings. The van der Waals surface area contributed by atoms with Gasteiger partial charge in [-0.1, -0.05) is 6.92 Å². The lowest BCUT2D eigenvalue weighted by Gasteiger charge is -2.20. The first-order valence-corrected chi connectivity index (χ1v) is 6.95. The van der Waals surface area contributed by atoms with Gasteiger partial charge in [0.15, 0.2) is 0 Å². The number of ether oxygens (including phenoxy) is 2. The van der Waals surface area contributed by atoms with E-state index in [1.54, 1.807) is 7.11 Å². The highest BCUT2D eigenvalue weighted by atomic mass is 16.5. The zero-order valence-corrected chi connectivity index (χ0v) is 12.3. The largest absolute Gasteiger partial charge is 0.383 e. The Balaban J connectivity index is 2.19. The third kappa shape index (κ3) is 5.86. The molecule has 0 bridgehead atoms. The maximum absolute atomic E-state index is 12.1. The summed E-state index contributed by atoms with van der Waals surface area (Å²) in [5, 5.41) is 6.27. The van der Waals surface area contributed by atoms with Crippen molar-refractivity contribution in [3.05, 3.63) is 0 Å². The molecule has 0 aromatic carbocycles. The number of nitrogens with zero attached hydrogens (tertiary/aromatic N) is 1. The summed E-state index contributed by atoms with van der Waals surface area (Å²) >= 11 is 0. The van der Waals surface area contributed by atoms with E-state index in [4.69, 9.17) is 9.47 Å². The van der Waals surface area contributed by atoms with Crippen molar-refractivity contribution in [1.29, 1.82) is 0 Å². The molecule has 19 heavy (non-hydrogen) atoms. The van der Waals surface area contributed by atoms with Crippen molar-refractivity contribution in [1.82, 2.24) is 15.5 Å².